The summed E-state index contributed by atoms with van der Waals surface area (Å²) in [5, 5.41) is 10.6. The lowest BCUT2D eigenvalue weighted by atomic mass is 10.0. The lowest BCUT2D eigenvalue weighted by Gasteiger charge is -2.21. The van der Waals surface area contributed by atoms with Gasteiger partial charge in [0.05, 0.1) is 26.4 Å². The minimum atomic E-state index is -4.97. The van der Waals surface area contributed by atoms with Crippen molar-refractivity contribution >= 4 is 39.5 Å². The summed E-state index contributed by atoms with van der Waals surface area (Å²) in [6.45, 7) is 11.9. The highest BCUT2D eigenvalue weighted by atomic mass is 31.2. The van der Waals surface area contributed by atoms with E-state index in [2.05, 4.69) is 72.8 Å². The van der Waals surface area contributed by atoms with Crippen molar-refractivity contribution in [1.82, 2.24) is 0 Å². The van der Waals surface area contributed by atoms with Crippen LogP contribution in [-0.4, -0.2) is 96.7 Å². The first kappa shape index (κ1) is 97.5. The van der Waals surface area contributed by atoms with E-state index < -0.39 is 97.5 Å². The molecule has 0 aromatic heterocycles. The Morgan fingerprint density at radius 1 is 0.310 bits per heavy atom. The number of allylic oxidation sites excluding steroid dienone is 4. The molecule has 5 atom stereocenters. The molecule has 0 saturated carbocycles. The maximum atomic E-state index is 13.1. The van der Waals surface area contributed by atoms with E-state index in [-0.39, 0.29) is 25.7 Å². The molecular weight excluding hydrogens is 1310 g/mol. The van der Waals surface area contributed by atoms with Crippen LogP contribution in [0, 0.1) is 17.8 Å². The maximum Gasteiger partial charge on any atom is 0.472 e. The van der Waals surface area contributed by atoms with Crippen molar-refractivity contribution in [3.8, 4) is 0 Å². The number of aliphatic hydroxyl groups is 1. The van der Waals surface area contributed by atoms with E-state index in [0.717, 1.165) is 121 Å². The molecule has 3 N–H and O–H groups in total. The predicted molar refractivity (Wildman–Crippen MR) is 409 cm³/mol. The number of carbonyl (C=O) groups excluding carboxylic acids is 4. The molecule has 0 rings (SSSR count). The third kappa shape index (κ3) is 73.8. The number of carbonyl (C=O) groups is 4. The lowest BCUT2D eigenvalue weighted by molar-refractivity contribution is -0.161. The van der Waals surface area contributed by atoms with E-state index in [1.54, 1.807) is 0 Å². The van der Waals surface area contributed by atoms with Crippen LogP contribution in [0.1, 0.15) is 395 Å². The molecule has 0 heterocycles. The van der Waals surface area contributed by atoms with E-state index in [9.17, 15) is 43.2 Å². The molecule has 0 aromatic carbocycles. The lowest BCUT2D eigenvalue weighted by Crippen LogP contribution is -2.30. The Hall–Kier alpha value is -2.46. The van der Waals surface area contributed by atoms with Gasteiger partial charge in [0, 0.05) is 25.7 Å². The summed E-state index contributed by atoms with van der Waals surface area (Å²) >= 11 is 0. The van der Waals surface area contributed by atoms with Crippen molar-refractivity contribution < 1.29 is 80.2 Å². The molecule has 0 saturated heterocycles. The summed E-state index contributed by atoms with van der Waals surface area (Å²) in [4.78, 5) is 73.0. The SMILES string of the molecule is CCCCCC/C=C\C=C/CCCCCCCC(=O)O[C@H](COC(=O)CCCCCCCCCC(C)C)COP(=O)(O)OCC(O)COP(=O)(O)OC[C@@H](COC(=O)CCCCCCCCCCCCCCCC(C)C)OC(=O)CCCCCCCCCCCCCCCCCCC(C)C. The summed E-state index contributed by atoms with van der Waals surface area (Å²) in [5.74, 6) is 0.157. The topological polar surface area (TPSA) is 237 Å². The highest BCUT2D eigenvalue weighted by Crippen LogP contribution is 2.45. The Morgan fingerprint density at radius 2 is 0.540 bits per heavy atom. The number of hydrogen-bond donors (Lipinski definition) is 3. The number of hydrogen-bond acceptors (Lipinski definition) is 15. The van der Waals surface area contributed by atoms with Gasteiger partial charge in [-0.05, 0) is 69.1 Å². The zero-order chi connectivity index (χ0) is 73.7. The molecule has 100 heavy (non-hydrogen) atoms. The largest absolute Gasteiger partial charge is 0.472 e. The van der Waals surface area contributed by atoms with Gasteiger partial charge in [-0.15, -0.1) is 0 Å². The number of ether oxygens (including phenoxy) is 4. The van der Waals surface area contributed by atoms with Crippen LogP contribution in [0.4, 0.5) is 0 Å². The van der Waals surface area contributed by atoms with Gasteiger partial charge in [-0.3, -0.25) is 37.3 Å². The second kappa shape index (κ2) is 70.8. The Balaban J connectivity index is 5.28. The quantitative estimate of drug-likeness (QED) is 0.0169. The molecule has 0 spiro atoms. The van der Waals surface area contributed by atoms with Crippen LogP contribution in [0.25, 0.3) is 0 Å². The van der Waals surface area contributed by atoms with Crippen LogP contribution < -0.4 is 0 Å². The molecule has 17 nitrogen and oxygen atoms in total. The highest BCUT2D eigenvalue weighted by molar-refractivity contribution is 7.47. The number of esters is 4. The molecule has 0 amide bonds. The second-order valence-electron chi connectivity index (χ2n) is 29.9. The van der Waals surface area contributed by atoms with E-state index >= 15 is 0 Å². The smallest absolute Gasteiger partial charge is 0.462 e. The number of phosphoric ester groups is 2. The molecule has 0 aromatic rings. The first-order chi connectivity index (χ1) is 48.2. The minimum absolute atomic E-state index is 0.0841. The standard InChI is InChI=1S/C81H154O17P2/c1-8-9-10-11-12-13-14-15-18-24-30-35-42-50-57-64-81(86)98-77(69-92-79(84)63-56-49-44-37-40-47-54-61-74(6)7)71-96-100(89,90)94-67-75(82)66-93-99(87,88)95-70-76(68-91-78(83)62-55-48-41-34-29-26-21-23-28-33-39-46-53-60-73(4)5)97-80(85)65-58-51-43-36-31-25-20-17-16-19-22-27-32-38-45-52-59-72(2)3/h13-15,18,72-77,82H,8-12,16-17,19-71H2,1-7H3,(H,87,88)(H,89,90)/b14-13-,18-15-/t75?,76-,77-/m1/s1. The average molecular weight is 1460 g/mol. The molecular formula is C81H154O17P2. The average Bonchev–Trinajstić information content (AvgIpc) is 0.990. The summed E-state index contributed by atoms with van der Waals surface area (Å²) in [6.07, 6.45) is 61.9. The van der Waals surface area contributed by atoms with Gasteiger partial charge in [-0.1, -0.05) is 342 Å². The number of phosphoric acid groups is 2. The van der Waals surface area contributed by atoms with E-state index in [1.165, 1.54) is 186 Å². The van der Waals surface area contributed by atoms with Gasteiger partial charge in [0.15, 0.2) is 12.2 Å². The molecule has 0 radical (unpaired) electrons. The van der Waals surface area contributed by atoms with E-state index in [1.807, 2.05) is 0 Å². The van der Waals surface area contributed by atoms with Gasteiger partial charge in [-0.2, -0.15) is 0 Å². The molecule has 0 fully saturated rings. The van der Waals surface area contributed by atoms with E-state index in [4.69, 9.17) is 37.0 Å². The van der Waals surface area contributed by atoms with Crippen LogP contribution >= 0.6 is 15.6 Å². The van der Waals surface area contributed by atoms with Gasteiger partial charge in [-0.25, -0.2) is 9.13 Å². The molecule has 0 bridgehead atoms. The van der Waals surface area contributed by atoms with Crippen molar-refractivity contribution in [1.29, 1.82) is 0 Å². The van der Waals surface area contributed by atoms with Crippen molar-refractivity contribution in [2.45, 2.75) is 414 Å². The Kier molecular flexibility index (Phi) is 69.1. The molecule has 0 aliphatic rings. The van der Waals surface area contributed by atoms with Crippen LogP contribution in [0.3, 0.4) is 0 Å². The van der Waals surface area contributed by atoms with Crippen LogP contribution in [-0.2, 0) is 65.4 Å². The zero-order valence-electron chi connectivity index (χ0n) is 65.2. The van der Waals surface area contributed by atoms with Crippen molar-refractivity contribution in [2.24, 2.45) is 17.8 Å². The number of rotatable bonds is 77. The van der Waals surface area contributed by atoms with Crippen LogP contribution in [0.15, 0.2) is 24.3 Å². The minimum Gasteiger partial charge on any atom is -0.462 e. The van der Waals surface area contributed by atoms with Crippen LogP contribution in [0.2, 0.25) is 0 Å². The van der Waals surface area contributed by atoms with Crippen molar-refractivity contribution in [2.75, 3.05) is 39.6 Å². The van der Waals surface area contributed by atoms with Crippen molar-refractivity contribution in [3.63, 3.8) is 0 Å². The maximum absolute atomic E-state index is 13.1. The van der Waals surface area contributed by atoms with Gasteiger partial charge >= 0.3 is 39.5 Å². The third-order valence-electron chi connectivity index (χ3n) is 18.3. The normalized spacial score (nSPS) is 14.1. The Bertz CT molecular complexity index is 2030. The molecule has 19 heteroatoms. The Morgan fingerprint density at radius 3 is 0.810 bits per heavy atom. The first-order valence-electron chi connectivity index (χ1n) is 41.2. The summed E-state index contributed by atoms with van der Waals surface area (Å²) in [6, 6.07) is 0. The zero-order valence-corrected chi connectivity index (χ0v) is 66.9. The first-order valence-corrected chi connectivity index (χ1v) is 44.2. The second-order valence-corrected chi connectivity index (χ2v) is 32.8. The molecule has 0 aliphatic heterocycles. The van der Waals surface area contributed by atoms with Crippen molar-refractivity contribution in [3.05, 3.63) is 24.3 Å². The molecule has 0 aliphatic carbocycles. The van der Waals surface area contributed by atoms with E-state index in [0.29, 0.717) is 31.6 Å². The molecule has 590 valence electrons. The fraction of sp³-hybridized carbons (Fsp3) is 0.901. The fourth-order valence-corrected chi connectivity index (χ4v) is 13.5. The molecule has 3 unspecified atom stereocenters. The summed E-state index contributed by atoms with van der Waals surface area (Å²) < 4.78 is 68.6. The number of aliphatic hydroxyl groups excluding tert-OH is 1. The van der Waals surface area contributed by atoms with Gasteiger partial charge in [0.25, 0.3) is 0 Å². The number of unbranched alkanes of at least 4 members (excludes halogenated alkanes) is 42. The highest BCUT2D eigenvalue weighted by Gasteiger charge is 2.30. The van der Waals surface area contributed by atoms with Gasteiger partial charge in [0.2, 0.25) is 0 Å². The van der Waals surface area contributed by atoms with Gasteiger partial charge in [0.1, 0.15) is 19.3 Å². The summed E-state index contributed by atoms with van der Waals surface area (Å²) in [7, 11) is -9.93. The third-order valence-corrected chi connectivity index (χ3v) is 20.2. The Labute approximate surface area is 612 Å². The monoisotopic (exact) mass is 1460 g/mol. The van der Waals surface area contributed by atoms with Gasteiger partial charge < -0.3 is 33.8 Å². The fourth-order valence-electron chi connectivity index (χ4n) is 11.9. The predicted octanol–water partition coefficient (Wildman–Crippen LogP) is 23.7. The van der Waals surface area contributed by atoms with Crippen LogP contribution in [0.5, 0.6) is 0 Å². The summed E-state index contributed by atoms with van der Waals surface area (Å²) in [5.41, 5.74) is 0.